The molecule has 2 N–H and O–H groups in total. The predicted molar refractivity (Wildman–Crippen MR) is 98.9 cm³/mol. The summed E-state index contributed by atoms with van der Waals surface area (Å²) >= 11 is 5.87. The molecule has 0 aliphatic carbocycles. The maximum absolute atomic E-state index is 12.1. The number of nitrogens with zero attached hydrogens (tertiary/aromatic N) is 2. The van der Waals surface area contributed by atoms with E-state index in [2.05, 4.69) is 27.7 Å². The molecule has 0 bridgehead atoms. The van der Waals surface area contributed by atoms with Gasteiger partial charge in [0.15, 0.2) is 0 Å². The number of hydrogen-bond acceptors (Lipinski definition) is 5. The first kappa shape index (κ1) is 19.7. The van der Waals surface area contributed by atoms with Crippen LogP contribution >= 0.6 is 24.0 Å². The van der Waals surface area contributed by atoms with Crippen LogP contribution in [-0.4, -0.2) is 34.7 Å². The van der Waals surface area contributed by atoms with Crippen LogP contribution in [0.15, 0.2) is 28.8 Å². The van der Waals surface area contributed by atoms with E-state index in [1.165, 1.54) is 0 Å². The number of rotatable bonds is 5. The number of aromatic nitrogens is 2. The van der Waals surface area contributed by atoms with E-state index in [0.717, 1.165) is 24.9 Å². The molecule has 1 amide bonds. The van der Waals surface area contributed by atoms with Gasteiger partial charge in [0.05, 0.1) is 0 Å². The molecule has 1 aliphatic rings. The smallest absolute Gasteiger partial charge is 0.227 e. The zero-order chi connectivity index (χ0) is 16.9. The summed E-state index contributed by atoms with van der Waals surface area (Å²) in [6, 6.07) is 7.92. The van der Waals surface area contributed by atoms with Crippen molar-refractivity contribution < 1.29 is 9.32 Å². The number of piperidine rings is 1. The number of halogens is 2. The summed E-state index contributed by atoms with van der Waals surface area (Å²) in [5.74, 6) is 1.00. The minimum Gasteiger partial charge on any atom is -0.353 e. The number of hydrogen-bond donors (Lipinski definition) is 2. The van der Waals surface area contributed by atoms with Gasteiger partial charge in [-0.25, -0.2) is 0 Å². The lowest BCUT2D eigenvalue weighted by Gasteiger charge is -2.28. The van der Waals surface area contributed by atoms with Crippen molar-refractivity contribution >= 4 is 29.9 Å². The van der Waals surface area contributed by atoms with Gasteiger partial charge in [-0.05, 0) is 50.6 Å². The SMILES string of the molecule is CC1CC(NC(=O)CCc2nc(-c3ccc(Cl)cc3)no2)CCN1.Cl. The van der Waals surface area contributed by atoms with Crippen LogP contribution in [0.1, 0.15) is 32.1 Å². The topological polar surface area (TPSA) is 80.1 Å². The Morgan fingerprint density at radius 1 is 1.40 bits per heavy atom. The molecular formula is C17H22Cl2N4O2. The van der Waals surface area contributed by atoms with Crippen molar-refractivity contribution in [2.45, 2.75) is 44.7 Å². The van der Waals surface area contributed by atoms with Crippen LogP contribution in [0.3, 0.4) is 0 Å². The Kier molecular flexibility index (Phi) is 7.23. The fraction of sp³-hybridized carbons (Fsp3) is 0.471. The average molecular weight is 385 g/mol. The van der Waals surface area contributed by atoms with Crippen molar-refractivity contribution in [2.24, 2.45) is 0 Å². The van der Waals surface area contributed by atoms with E-state index in [1.807, 2.05) is 12.1 Å². The number of nitrogens with one attached hydrogen (secondary N) is 2. The lowest BCUT2D eigenvalue weighted by Crippen LogP contribution is -2.46. The molecule has 2 atom stereocenters. The summed E-state index contributed by atoms with van der Waals surface area (Å²) in [6.45, 7) is 3.08. The van der Waals surface area contributed by atoms with E-state index < -0.39 is 0 Å². The van der Waals surface area contributed by atoms with Crippen molar-refractivity contribution in [2.75, 3.05) is 6.54 Å². The normalized spacial score (nSPS) is 19.9. The number of amides is 1. The van der Waals surface area contributed by atoms with Crippen molar-refractivity contribution in [3.8, 4) is 11.4 Å². The largest absolute Gasteiger partial charge is 0.353 e. The first-order chi connectivity index (χ1) is 11.6. The summed E-state index contributed by atoms with van der Waals surface area (Å²) in [5.41, 5.74) is 0.836. The third-order valence-corrected chi connectivity index (χ3v) is 4.38. The van der Waals surface area contributed by atoms with Gasteiger partial charge in [-0.15, -0.1) is 12.4 Å². The Bertz CT molecular complexity index is 690. The number of carbonyl (C=O) groups is 1. The van der Waals surface area contributed by atoms with Gasteiger partial charge in [-0.1, -0.05) is 16.8 Å². The minimum absolute atomic E-state index is 0. The summed E-state index contributed by atoms with van der Waals surface area (Å²) in [7, 11) is 0. The van der Waals surface area contributed by atoms with Gasteiger partial charge in [0.25, 0.3) is 0 Å². The van der Waals surface area contributed by atoms with Gasteiger partial charge < -0.3 is 15.2 Å². The molecule has 6 nitrogen and oxygen atoms in total. The molecule has 2 heterocycles. The van der Waals surface area contributed by atoms with Crippen molar-refractivity contribution in [3.63, 3.8) is 0 Å². The van der Waals surface area contributed by atoms with Crippen LogP contribution in [-0.2, 0) is 11.2 Å². The first-order valence-electron chi connectivity index (χ1n) is 8.21. The Balaban J connectivity index is 0.00000225. The number of carbonyl (C=O) groups excluding carboxylic acids is 1. The summed E-state index contributed by atoms with van der Waals surface area (Å²) in [6.07, 6.45) is 2.72. The van der Waals surface area contributed by atoms with Crippen molar-refractivity contribution in [1.82, 2.24) is 20.8 Å². The van der Waals surface area contributed by atoms with Gasteiger partial charge in [0, 0.05) is 35.5 Å². The van der Waals surface area contributed by atoms with E-state index in [9.17, 15) is 4.79 Å². The molecule has 1 aromatic carbocycles. The molecule has 0 spiro atoms. The molecule has 136 valence electrons. The van der Waals surface area contributed by atoms with Gasteiger partial charge in [-0.3, -0.25) is 4.79 Å². The van der Waals surface area contributed by atoms with Gasteiger partial charge >= 0.3 is 0 Å². The second-order valence-corrected chi connectivity index (χ2v) is 6.60. The van der Waals surface area contributed by atoms with E-state index in [-0.39, 0.29) is 24.4 Å². The Hall–Kier alpha value is -1.63. The molecule has 3 rings (SSSR count). The highest BCUT2D eigenvalue weighted by Crippen LogP contribution is 2.19. The molecule has 8 heteroatoms. The number of benzene rings is 1. The molecule has 25 heavy (non-hydrogen) atoms. The Morgan fingerprint density at radius 3 is 2.88 bits per heavy atom. The molecular weight excluding hydrogens is 363 g/mol. The first-order valence-corrected chi connectivity index (χ1v) is 8.59. The summed E-state index contributed by atoms with van der Waals surface area (Å²) in [5, 5.41) is 11.1. The third kappa shape index (κ3) is 5.70. The molecule has 1 aromatic heterocycles. The highest BCUT2D eigenvalue weighted by molar-refractivity contribution is 6.30. The molecule has 1 fully saturated rings. The van der Waals surface area contributed by atoms with Gasteiger partial charge in [0.2, 0.25) is 17.6 Å². The fourth-order valence-corrected chi connectivity index (χ4v) is 2.98. The van der Waals surface area contributed by atoms with E-state index in [4.69, 9.17) is 16.1 Å². The average Bonchev–Trinajstić information content (AvgIpc) is 3.03. The molecule has 1 aliphatic heterocycles. The van der Waals surface area contributed by atoms with Crippen LogP contribution in [0.2, 0.25) is 5.02 Å². The molecule has 2 aromatic rings. The minimum atomic E-state index is 0. The van der Waals surface area contributed by atoms with Crippen molar-refractivity contribution in [3.05, 3.63) is 35.2 Å². The standard InChI is InChI=1S/C17H21ClN4O2.ClH/c1-11-10-14(8-9-19-11)20-15(23)6-7-16-21-17(22-24-16)12-2-4-13(18)5-3-12;/h2-5,11,14,19H,6-10H2,1H3,(H,20,23);1H. The van der Waals surface area contributed by atoms with Crippen LogP contribution in [0.4, 0.5) is 0 Å². The third-order valence-electron chi connectivity index (χ3n) is 4.13. The lowest BCUT2D eigenvalue weighted by atomic mass is 10.0. The van der Waals surface area contributed by atoms with Crippen LogP contribution in [0, 0.1) is 0 Å². The van der Waals surface area contributed by atoms with E-state index in [0.29, 0.717) is 35.6 Å². The van der Waals surface area contributed by atoms with Crippen molar-refractivity contribution in [1.29, 1.82) is 0 Å². The fourth-order valence-electron chi connectivity index (χ4n) is 2.86. The maximum Gasteiger partial charge on any atom is 0.227 e. The highest BCUT2D eigenvalue weighted by atomic mass is 35.5. The van der Waals surface area contributed by atoms with E-state index in [1.54, 1.807) is 12.1 Å². The predicted octanol–water partition coefficient (Wildman–Crippen LogP) is 3.00. The zero-order valence-corrected chi connectivity index (χ0v) is 15.6. The Labute approximate surface area is 158 Å². The molecule has 2 unspecified atom stereocenters. The van der Waals surface area contributed by atoms with E-state index >= 15 is 0 Å². The highest BCUT2D eigenvalue weighted by Gasteiger charge is 2.20. The maximum atomic E-state index is 12.1. The monoisotopic (exact) mass is 384 g/mol. The summed E-state index contributed by atoms with van der Waals surface area (Å²) in [4.78, 5) is 16.4. The van der Waals surface area contributed by atoms with Gasteiger partial charge in [-0.2, -0.15) is 4.98 Å². The second kappa shape index (κ2) is 9.17. The number of aryl methyl sites for hydroxylation is 1. The lowest BCUT2D eigenvalue weighted by molar-refractivity contribution is -0.122. The zero-order valence-electron chi connectivity index (χ0n) is 14.0. The quantitative estimate of drug-likeness (QED) is 0.827. The molecule has 0 radical (unpaired) electrons. The van der Waals surface area contributed by atoms with Gasteiger partial charge in [0.1, 0.15) is 0 Å². The van der Waals surface area contributed by atoms with Crippen LogP contribution in [0.5, 0.6) is 0 Å². The Morgan fingerprint density at radius 2 is 2.16 bits per heavy atom. The van der Waals surface area contributed by atoms with Crippen LogP contribution in [0.25, 0.3) is 11.4 Å². The molecule has 0 saturated carbocycles. The van der Waals surface area contributed by atoms with Crippen LogP contribution < -0.4 is 10.6 Å². The molecule has 1 saturated heterocycles. The summed E-state index contributed by atoms with van der Waals surface area (Å²) < 4.78 is 5.22. The second-order valence-electron chi connectivity index (χ2n) is 6.16.